The van der Waals surface area contributed by atoms with Gasteiger partial charge in [-0.2, -0.15) is 0 Å². The maximum absolute atomic E-state index is 5.75. The van der Waals surface area contributed by atoms with Crippen molar-refractivity contribution >= 4 is 0 Å². The number of aromatic nitrogens is 2. The predicted octanol–water partition coefficient (Wildman–Crippen LogP) is -0.957. The molecule has 0 spiro atoms. The van der Waals surface area contributed by atoms with E-state index in [1.54, 1.807) is 0 Å². The third kappa shape index (κ3) is 1.61. The molecule has 1 aliphatic rings. The molecule has 0 aliphatic carbocycles. The summed E-state index contributed by atoms with van der Waals surface area (Å²) in [5, 5.41) is 0. The van der Waals surface area contributed by atoms with Crippen molar-refractivity contribution < 1.29 is 25.9 Å². The number of imidazole rings is 1. The molecule has 0 fully saturated rings. The molecule has 0 saturated heterocycles. The number of ether oxygens (including phenoxy) is 1. The fraction of sp³-hybridized carbons (Fsp3) is 0.250. The summed E-state index contributed by atoms with van der Waals surface area (Å²) in [7, 11) is 0. The van der Waals surface area contributed by atoms with Crippen LogP contribution in [0.2, 0.25) is 0 Å². The molecular weight excluding hydrogens is 315 g/mol. The molecule has 2 aromatic rings. The zero-order valence-electron chi connectivity index (χ0n) is 8.98. The van der Waals surface area contributed by atoms with E-state index in [2.05, 4.69) is 34.7 Å². The minimum absolute atomic E-state index is 0.152. The number of nitrogens with zero attached hydrogens (tertiary/aromatic N) is 2. The molecule has 1 aliphatic heterocycles. The number of hydrogen-bond donors (Lipinski definition) is 0. The van der Waals surface area contributed by atoms with Crippen molar-refractivity contribution in [2.24, 2.45) is 0 Å². The molecule has 0 bridgehead atoms. The minimum atomic E-state index is 0.152. The summed E-state index contributed by atoms with van der Waals surface area (Å²) < 4.78 is 10.6. The van der Waals surface area contributed by atoms with Gasteiger partial charge < -0.3 is 0 Å². The normalized spacial score (nSPS) is 13.1. The van der Waals surface area contributed by atoms with Gasteiger partial charge in [0.05, 0.1) is 0 Å². The Bertz CT molecular complexity index is 521. The topological polar surface area (TPSA) is 27.1 Å². The standard InChI is InChI=1S/C12H12IN2O/c1-2-13-9-3-4-11-12(5-9)16-7-10-6-14-8-15(10)11/h3-6,8H,2,7H2,1H3/q-1. The first-order chi connectivity index (χ1) is 7.88. The summed E-state index contributed by atoms with van der Waals surface area (Å²) in [5.74, 6) is 0.996. The number of hydrogen-bond acceptors (Lipinski definition) is 2. The van der Waals surface area contributed by atoms with Gasteiger partial charge in [0.1, 0.15) is 0 Å². The fourth-order valence-corrected chi connectivity index (χ4v) is 3.66. The Morgan fingerprint density at radius 1 is 1.50 bits per heavy atom. The van der Waals surface area contributed by atoms with Gasteiger partial charge in [0.25, 0.3) is 0 Å². The van der Waals surface area contributed by atoms with Crippen LogP contribution in [0.25, 0.3) is 5.69 Å². The van der Waals surface area contributed by atoms with Gasteiger partial charge in [0.2, 0.25) is 0 Å². The van der Waals surface area contributed by atoms with Crippen LogP contribution in [0.3, 0.4) is 0 Å². The summed E-state index contributed by atoms with van der Waals surface area (Å²) >= 11 is 0.152. The Labute approximate surface area is 105 Å². The summed E-state index contributed by atoms with van der Waals surface area (Å²) in [4.78, 5) is 4.15. The van der Waals surface area contributed by atoms with Crippen molar-refractivity contribution in [3.8, 4) is 11.4 Å². The Morgan fingerprint density at radius 2 is 2.44 bits per heavy atom. The van der Waals surface area contributed by atoms with Gasteiger partial charge in [-0.15, -0.1) is 0 Å². The van der Waals surface area contributed by atoms with Crippen molar-refractivity contribution in [3.05, 3.63) is 40.0 Å². The molecule has 84 valence electrons. The van der Waals surface area contributed by atoms with Crippen LogP contribution >= 0.6 is 0 Å². The van der Waals surface area contributed by atoms with Gasteiger partial charge in [0, 0.05) is 0 Å². The third-order valence-electron chi connectivity index (χ3n) is 2.56. The van der Waals surface area contributed by atoms with Crippen LogP contribution in [0.1, 0.15) is 12.6 Å². The third-order valence-corrected chi connectivity index (χ3v) is 4.87. The van der Waals surface area contributed by atoms with Gasteiger partial charge in [0.15, 0.2) is 0 Å². The number of alkyl halides is 1. The molecule has 16 heavy (non-hydrogen) atoms. The number of rotatable bonds is 2. The second-order valence-electron chi connectivity index (χ2n) is 3.56. The van der Waals surface area contributed by atoms with Gasteiger partial charge in [-0.1, -0.05) is 0 Å². The Hall–Kier alpha value is -1.04. The Balaban J connectivity index is 2.07. The summed E-state index contributed by atoms with van der Waals surface area (Å²) in [6.07, 6.45) is 3.71. The number of benzene rings is 1. The van der Waals surface area contributed by atoms with Crippen LogP contribution < -0.4 is 25.9 Å². The molecule has 0 atom stereocenters. The molecule has 0 amide bonds. The van der Waals surface area contributed by atoms with Crippen LogP contribution in [-0.2, 0) is 6.61 Å². The Kier molecular flexibility index (Phi) is 2.59. The van der Waals surface area contributed by atoms with E-state index >= 15 is 0 Å². The first kappa shape index (κ1) is 10.1. The van der Waals surface area contributed by atoms with Gasteiger partial charge in [-0.05, 0) is 0 Å². The van der Waals surface area contributed by atoms with E-state index < -0.39 is 0 Å². The van der Waals surface area contributed by atoms with Crippen molar-refractivity contribution in [2.45, 2.75) is 13.5 Å². The van der Waals surface area contributed by atoms with Gasteiger partial charge in [-0.25, -0.2) is 0 Å². The molecule has 0 unspecified atom stereocenters. The summed E-state index contributed by atoms with van der Waals surface area (Å²) in [6.45, 7) is 2.86. The van der Waals surface area contributed by atoms with E-state index in [0.29, 0.717) is 6.61 Å². The quantitative estimate of drug-likeness (QED) is 0.525. The van der Waals surface area contributed by atoms with E-state index in [9.17, 15) is 0 Å². The molecule has 1 aromatic heterocycles. The average Bonchev–Trinajstić information content (AvgIpc) is 2.77. The van der Waals surface area contributed by atoms with Crippen LogP contribution in [-0.4, -0.2) is 14.0 Å². The molecule has 4 heteroatoms. The monoisotopic (exact) mass is 327 g/mol. The van der Waals surface area contributed by atoms with Crippen molar-refractivity contribution in [3.63, 3.8) is 0 Å². The number of halogens is 1. The van der Waals surface area contributed by atoms with E-state index in [0.717, 1.165) is 17.1 Å². The average molecular weight is 327 g/mol. The maximum atomic E-state index is 5.75. The SMILES string of the molecule is CC[I-]c1ccc2c(c1)OCc1cncn1-2. The van der Waals surface area contributed by atoms with E-state index in [1.165, 1.54) is 8.00 Å². The molecule has 2 heterocycles. The van der Waals surface area contributed by atoms with E-state index in [1.807, 2.05) is 12.5 Å². The summed E-state index contributed by atoms with van der Waals surface area (Å²) in [6, 6.07) is 6.55. The molecule has 1 aromatic carbocycles. The molecular formula is C12H12IN2O-. The molecule has 0 radical (unpaired) electrons. The number of fused-ring (bicyclic) bond motifs is 3. The zero-order chi connectivity index (χ0) is 11.0. The first-order valence-electron chi connectivity index (χ1n) is 5.26. The van der Waals surface area contributed by atoms with Gasteiger partial charge in [-0.3, -0.25) is 0 Å². The molecule has 3 rings (SSSR count). The van der Waals surface area contributed by atoms with Crippen LogP contribution in [0, 0.1) is 3.57 Å². The van der Waals surface area contributed by atoms with Crippen molar-refractivity contribution in [1.82, 2.24) is 9.55 Å². The first-order valence-corrected chi connectivity index (χ1v) is 7.86. The predicted molar refractivity (Wildman–Crippen MR) is 57.1 cm³/mol. The Morgan fingerprint density at radius 3 is 3.31 bits per heavy atom. The second-order valence-corrected chi connectivity index (χ2v) is 7.09. The van der Waals surface area contributed by atoms with E-state index in [4.69, 9.17) is 4.74 Å². The van der Waals surface area contributed by atoms with Gasteiger partial charge >= 0.3 is 105 Å². The van der Waals surface area contributed by atoms with Crippen molar-refractivity contribution in [2.75, 3.05) is 4.43 Å². The van der Waals surface area contributed by atoms with Crippen molar-refractivity contribution in [1.29, 1.82) is 0 Å². The molecule has 0 saturated carbocycles. The molecule has 0 N–H and O–H groups in total. The second kappa shape index (κ2) is 4.08. The van der Waals surface area contributed by atoms with Crippen LogP contribution in [0.4, 0.5) is 0 Å². The van der Waals surface area contributed by atoms with E-state index in [-0.39, 0.29) is 21.2 Å². The summed E-state index contributed by atoms with van der Waals surface area (Å²) in [5.41, 5.74) is 2.23. The van der Waals surface area contributed by atoms with Crippen LogP contribution in [0.15, 0.2) is 30.7 Å². The molecule has 3 nitrogen and oxygen atoms in total. The van der Waals surface area contributed by atoms with Crippen LogP contribution in [0.5, 0.6) is 5.75 Å². The zero-order valence-corrected chi connectivity index (χ0v) is 11.1. The fourth-order valence-electron chi connectivity index (χ4n) is 1.84.